The van der Waals surface area contributed by atoms with E-state index in [1.165, 1.54) is 0 Å². The predicted octanol–water partition coefficient (Wildman–Crippen LogP) is 2.16. The summed E-state index contributed by atoms with van der Waals surface area (Å²) in [5, 5.41) is 2.71. The summed E-state index contributed by atoms with van der Waals surface area (Å²) in [5.74, 6) is 4.88. The van der Waals surface area contributed by atoms with Crippen LogP contribution >= 0.6 is 32.8 Å². The van der Waals surface area contributed by atoms with Crippen LogP contribution in [0.1, 0.15) is 5.56 Å². The lowest BCUT2D eigenvalue weighted by Gasteiger charge is -2.12. The number of nitrogen functional groups attached to an aromatic ring is 1. The van der Waals surface area contributed by atoms with Crippen molar-refractivity contribution < 1.29 is 9.88 Å². The average Bonchev–Trinajstić information content (AvgIpc) is 2.42. The maximum absolute atomic E-state index is 6.28. The molecule has 0 saturated carbocycles. The standard InChI is InChI=1S/C13H14ClN2O2PS/c14-12-6-9(15)5-8(7-17-18-16)13(12)19-10-1-3-11(20)4-2-10/h1-6,19-20H,7,15-16H2. The van der Waals surface area contributed by atoms with Crippen molar-refractivity contribution in [1.82, 2.24) is 0 Å². The summed E-state index contributed by atoms with van der Waals surface area (Å²) in [6.45, 7) is 0.189. The number of anilines is 1. The van der Waals surface area contributed by atoms with E-state index in [1.54, 1.807) is 12.1 Å². The van der Waals surface area contributed by atoms with Crippen LogP contribution in [0.25, 0.3) is 0 Å². The van der Waals surface area contributed by atoms with Crippen molar-refractivity contribution in [3.8, 4) is 0 Å². The number of hydrogen-bond donors (Lipinski definition) is 3. The van der Waals surface area contributed by atoms with Gasteiger partial charge in [-0.3, -0.25) is 0 Å². The van der Waals surface area contributed by atoms with E-state index in [9.17, 15) is 0 Å². The van der Waals surface area contributed by atoms with E-state index in [0.717, 1.165) is 21.1 Å². The molecule has 0 spiro atoms. The molecule has 106 valence electrons. The Labute approximate surface area is 129 Å². The third kappa shape index (κ3) is 4.09. The molecule has 0 fully saturated rings. The molecule has 1 unspecified atom stereocenters. The quantitative estimate of drug-likeness (QED) is 0.259. The van der Waals surface area contributed by atoms with Gasteiger partial charge in [-0.25, -0.2) is 4.89 Å². The van der Waals surface area contributed by atoms with Crippen molar-refractivity contribution >= 4 is 49.1 Å². The van der Waals surface area contributed by atoms with Gasteiger partial charge in [-0.05, 0) is 35.1 Å². The monoisotopic (exact) mass is 328 g/mol. The van der Waals surface area contributed by atoms with Gasteiger partial charge in [0.1, 0.15) is 6.61 Å². The minimum atomic E-state index is 0.189. The van der Waals surface area contributed by atoms with Crippen LogP contribution in [0.5, 0.6) is 0 Å². The molecule has 2 rings (SSSR count). The van der Waals surface area contributed by atoms with Crippen molar-refractivity contribution in [3.63, 3.8) is 0 Å². The van der Waals surface area contributed by atoms with Crippen LogP contribution in [0, 0.1) is 0 Å². The number of nitrogens with two attached hydrogens (primary N) is 2. The molecule has 0 aliphatic rings. The lowest BCUT2D eigenvalue weighted by molar-refractivity contribution is -0.308. The van der Waals surface area contributed by atoms with Gasteiger partial charge < -0.3 is 5.73 Å². The molecule has 2 aromatic rings. The first kappa shape index (κ1) is 15.6. The topological polar surface area (TPSA) is 70.5 Å². The first-order chi connectivity index (χ1) is 9.60. The Balaban J connectivity index is 2.31. The molecule has 0 amide bonds. The molecule has 1 atom stereocenters. The molecule has 0 bridgehead atoms. The maximum atomic E-state index is 6.28. The molecule has 7 heteroatoms. The number of thiol groups is 1. The molecule has 0 aliphatic heterocycles. The van der Waals surface area contributed by atoms with E-state index in [-0.39, 0.29) is 6.61 Å². The van der Waals surface area contributed by atoms with Gasteiger partial charge in [-0.2, -0.15) is 5.90 Å². The van der Waals surface area contributed by atoms with Gasteiger partial charge in [0, 0.05) is 15.9 Å². The van der Waals surface area contributed by atoms with Crippen LogP contribution in [0.2, 0.25) is 5.02 Å². The minimum Gasteiger partial charge on any atom is -0.399 e. The van der Waals surface area contributed by atoms with Gasteiger partial charge in [0.25, 0.3) is 0 Å². The molecule has 2 aromatic carbocycles. The summed E-state index contributed by atoms with van der Waals surface area (Å²) in [7, 11) is 0.381. The minimum absolute atomic E-state index is 0.189. The summed E-state index contributed by atoms with van der Waals surface area (Å²) >= 11 is 10.5. The largest absolute Gasteiger partial charge is 0.399 e. The zero-order valence-electron chi connectivity index (χ0n) is 10.5. The number of halogens is 1. The molecular formula is C13H14ClN2O2PS. The molecule has 20 heavy (non-hydrogen) atoms. The highest BCUT2D eigenvalue weighted by Crippen LogP contribution is 2.24. The molecular weight excluding hydrogens is 315 g/mol. The predicted molar refractivity (Wildman–Crippen MR) is 87.2 cm³/mol. The van der Waals surface area contributed by atoms with Crippen LogP contribution < -0.4 is 22.2 Å². The van der Waals surface area contributed by atoms with Gasteiger partial charge in [-0.15, -0.1) is 17.6 Å². The molecule has 4 N–H and O–H groups in total. The highest BCUT2D eigenvalue weighted by Gasteiger charge is 2.10. The SMILES string of the molecule is NOOCc1cc(N)cc(Cl)c1Pc1ccc(S)cc1. The number of rotatable bonds is 5. The van der Waals surface area contributed by atoms with Gasteiger partial charge >= 0.3 is 0 Å². The Morgan fingerprint density at radius 2 is 1.90 bits per heavy atom. The van der Waals surface area contributed by atoms with Crippen LogP contribution in [0.15, 0.2) is 41.3 Å². The van der Waals surface area contributed by atoms with E-state index in [1.807, 2.05) is 24.3 Å². The number of benzene rings is 2. The van der Waals surface area contributed by atoms with Gasteiger partial charge in [-0.1, -0.05) is 32.3 Å². The normalized spacial score (nSPS) is 11.3. The van der Waals surface area contributed by atoms with Gasteiger partial charge in [0.05, 0.1) is 5.02 Å². The second-order valence-electron chi connectivity index (χ2n) is 4.07. The lowest BCUT2D eigenvalue weighted by Crippen LogP contribution is -2.14. The molecule has 0 heterocycles. The van der Waals surface area contributed by atoms with Gasteiger partial charge in [0.2, 0.25) is 0 Å². The van der Waals surface area contributed by atoms with Crippen molar-refractivity contribution in [3.05, 3.63) is 47.0 Å². The number of hydrogen-bond acceptors (Lipinski definition) is 5. The highest BCUT2D eigenvalue weighted by molar-refractivity contribution is 7.80. The summed E-state index contributed by atoms with van der Waals surface area (Å²) in [6, 6.07) is 11.4. The third-order valence-electron chi connectivity index (χ3n) is 2.61. The summed E-state index contributed by atoms with van der Waals surface area (Å²) in [4.78, 5) is 9.86. The molecule has 0 aromatic heterocycles. The van der Waals surface area contributed by atoms with Crippen LogP contribution in [-0.2, 0) is 16.5 Å². The molecule has 0 saturated heterocycles. The average molecular weight is 329 g/mol. The molecule has 0 radical (unpaired) electrons. The lowest BCUT2D eigenvalue weighted by atomic mass is 10.2. The Morgan fingerprint density at radius 1 is 1.20 bits per heavy atom. The zero-order valence-corrected chi connectivity index (χ0v) is 13.1. The fraction of sp³-hybridized carbons (Fsp3) is 0.0769. The fourth-order valence-corrected chi connectivity index (χ4v) is 3.38. The zero-order chi connectivity index (χ0) is 14.5. The second kappa shape index (κ2) is 7.27. The van der Waals surface area contributed by atoms with Crippen molar-refractivity contribution in [2.45, 2.75) is 11.5 Å². The van der Waals surface area contributed by atoms with Crippen molar-refractivity contribution in [2.24, 2.45) is 5.90 Å². The summed E-state index contributed by atoms with van der Waals surface area (Å²) in [5.41, 5.74) is 7.22. The second-order valence-corrected chi connectivity index (χ2v) is 6.32. The van der Waals surface area contributed by atoms with Gasteiger partial charge in [0.15, 0.2) is 0 Å². The van der Waals surface area contributed by atoms with E-state index in [0.29, 0.717) is 19.3 Å². The van der Waals surface area contributed by atoms with E-state index >= 15 is 0 Å². The highest BCUT2D eigenvalue weighted by atomic mass is 35.5. The Hall–Kier alpha value is -0.810. The van der Waals surface area contributed by atoms with Crippen LogP contribution in [0.4, 0.5) is 5.69 Å². The van der Waals surface area contributed by atoms with E-state index in [4.69, 9.17) is 28.1 Å². The maximum Gasteiger partial charge on any atom is 0.110 e. The smallest absolute Gasteiger partial charge is 0.110 e. The Morgan fingerprint density at radius 3 is 2.55 bits per heavy atom. The van der Waals surface area contributed by atoms with Crippen molar-refractivity contribution in [2.75, 3.05) is 5.73 Å². The van der Waals surface area contributed by atoms with Crippen LogP contribution in [0.3, 0.4) is 0 Å². The first-order valence-corrected chi connectivity index (χ1v) is 7.55. The van der Waals surface area contributed by atoms with E-state index in [2.05, 4.69) is 17.6 Å². The molecule has 4 nitrogen and oxygen atoms in total. The van der Waals surface area contributed by atoms with Crippen molar-refractivity contribution in [1.29, 1.82) is 0 Å². The summed E-state index contributed by atoms with van der Waals surface area (Å²) < 4.78 is 0. The fourth-order valence-electron chi connectivity index (χ4n) is 1.73. The Kier molecular flexibility index (Phi) is 5.66. The third-order valence-corrected chi connectivity index (χ3v) is 4.83. The molecule has 0 aliphatic carbocycles. The first-order valence-electron chi connectivity index (χ1n) is 5.72. The Bertz CT molecular complexity index is 596. The summed E-state index contributed by atoms with van der Waals surface area (Å²) in [6.07, 6.45) is 0. The van der Waals surface area contributed by atoms with E-state index < -0.39 is 0 Å². The van der Waals surface area contributed by atoms with Crippen LogP contribution in [-0.4, -0.2) is 0 Å².